The molecule has 5 heteroatoms. The first kappa shape index (κ1) is 17.7. The second-order valence-corrected chi connectivity index (χ2v) is 5.81. The van der Waals surface area contributed by atoms with Crippen LogP contribution in [0.1, 0.15) is 38.3 Å². The number of rotatable bonds is 5. The van der Waals surface area contributed by atoms with Crippen LogP contribution in [-0.2, 0) is 11.2 Å². The van der Waals surface area contributed by atoms with E-state index in [0.29, 0.717) is 24.1 Å². The highest BCUT2D eigenvalue weighted by molar-refractivity contribution is 5.67. The lowest BCUT2D eigenvalue weighted by Gasteiger charge is -2.19. The normalized spacial score (nSPS) is 11.2. The summed E-state index contributed by atoms with van der Waals surface area (Å²) in [6.07, 6.45) is 3.73. The van der Waals surface area contributed by atoms with E-state index in [4.69, 9.17) is 10.00 Å². The summed E-state index contributed by atoms with van der Waals surface area (Å²) in [6.45, 7) is 5.81. The van der Waals surface area contributed by atoms with E-state index in [-0.39, 0.29) is 12.2 Å². The van der Waals surface area contributed by atoms with Gasteiger partial charge in [0.05, 0.1) is 12.5 Å². The van der Waals surface area contributed by atoms with Crippen molar-refractivity contribution in [3.8, 4) is 6.07 Å². The molecule has 0 unspecified atom stereocenters. The van der Waals surface area contributed by atoms with Gasteiger partial charge in [-0.3, -0.25) is 0 Å². The van der Waals surface area contributed by atoms with E-state index in [1.54, 1.807) is 45.1 Å². The minimum atomic E-state index is -0.520. The minimum Gasteiger partial charge on any atom is -0.444 e. The first-order chi connectivity index (χ1) is 10.3. The average molecular weight is 304 g/mol. The number of ether oxygens (including phenoxy) is 1. The SMILES string of the molecule is CC(C)(C)OC(=O)NCCC=Cc1ccc(CC#N)cc1F. The Kier molecular flexibility index (Phi) is 6.58. The van der Waals surface area contributed by atoms with Crippen LogP contribution in [0.4, 0.5) is 9.18 Å². The molecule has 1 N–H and O–H groups in total. The van der Waals surface area contributed by atoms with E-state index in [2.05, 4.69) is 5.32 Å². The molecule has 0 spiro atoms. The fraction of sp³-hybridized carbons (Fsp3) is 0.412. The molecule has 0 saturated carbocycles. The first-order valence-electron chi connectivity index (χ1n) is 7.10. The number of benzene rings is 1. The summed E-state index contributed by atoms with van der Waals surface area (Å²) in [6, 6.07) is 6.71. The Morgan fingerprint density at radius 2 is 2.18 bits per heavy atom. The Balaban J connectivity index is 2.41. The Bertz CT molecular complexity index is 583. The lowest BCUT2D eigenvalue weighted by Crippen LogP contribution is -2.32. The van der Waals surface area contributed by atoms with Crippen molar-refractivity contribution in [1.29, 1.82) is 5.26 Å². The average Bonchev–Trinajstić information content (AvgIpc) is 2.39. The van der Waals surface area contributed by atoms with Gasteiger partial charge in [0.25, 0.3) is 0 Å². The molecule has 1 amide bonds. The summed E-state index contributed by atoms with van der Waals surface area (Å²) in [7, 11) is 0. The quantitative estimate of drug-likeness (QED) is 0.841. The fourth-order valence-corrected chi connectivity index (χ4v) is 1.69. The van der Waals surface area contributed by atoms with Gasteiger partial charge in [-0.05, 0) is 38.8 Å². The number of nitrogens with one attached hydrogen (secondary N) is 1. The van der Waals surface area contributed by atoms with Crippen molar-refractivity contribution in [2.24, 2.45) is 0 Å². The third kappa shape index (κ3) is 6.89. The summed E-state index contributed by atoms with van der Waals surface area (Å²) < 4.78 is 18.8. The molecule has 0 saturated heterocycles. The Hall–Kier alpha value is -2.35. The van der Waals surface area contributed by atoms with Crippen molar-refractivity contribution < 1.29 is 13.9 Å². The minimum absolute atomic E-state index is 0.195. The zero-order valence-corrected chi connectivity index (χ0v) is 13.1. The van der Waals surface area contributed by atoms with Crippen molar-refractivity contribution in [2.75, 3.05) is 6.54 Å². The predicted molar refractivity (Wildman–Crippen MR) is 83.6 cm³/mol. The zero-order valence-electron chi connectivity index (χ0n) is 13.1. The van der Waals surface area contributed by atoms with Crippen molar-refractivity contribution in [3.05, 3.63) is 41.2 Å². The summed E-state index contributed by atoms with van der Waals surface area (Å²) in [5, 5.41) is 11.2. The van der Waals surface area contributed by atoms with Gasteiger partial charge in [0.1, 0.15) is 11.4 Å². The maximum absolute atomic E-state index is 13.7. The molecule has 1 aromatic carbocycles. The number of amides is 1. The van der Waals surface area contributed by atoms with E-state index >= 15 is 0 Å². The second-order valence-electron chi connectivity index (χ2n) is 5.81. The van der Waals surface area contributed by atoms with Crippen LogP contribution < -0.4 is 5.32 Å². The summed E-state index contributed by atoms with van der Waals surface area (Å²) in [4.78, 5) is 11.4. The Labute approximate surface area is 130 Å². The Morgan fingerprint density at radius 3 is 2.77 bits per heavy atom. The third-order valence-electron chi connectivity index (χ3n) is 2.62. The van der Waals surface area contributed by atoms with Crippen LogP contribution in [0, 0.1) is 17.1 Å². The number of hydrogen-bond donors (Lipinski definition) is 1. The number of nitriles is 1. The molecule has 0 heterocycles. The van der Waals surface area contributed by atoms with Gasteiger partial charge in [-0.15, -0.1) is 0 Å². The lowest BCUT2D eigenvalue weighted by molar-refractivity contribution is 0.0529. The Morgan fingerprint density at radius 1 is 1.45 bits per heavy atom. The predicted octanol–water partition coefficient (Wildman–Crippen LogP) is 3.82. The molecule has 0 atom stereocenters. The molecule has 22 heavy (non-hydrogen) atoms. The maximum atomic E-state index is 13.7. The van der Waals surface area contributed by atoms with Crippen LogP contribution in [-0.4, -0.2) is 18.2 Å². The smallest absolute Gasteiger partial charge is 0.407 e. The third-order valence-corrected chi connectivity index (χ3v) is 2.62. The van der Waals surface area contributed by atoms with Crippen LogP contribution in [0.15, 0.2) is 24.3 Å². The van der Waals surface area contributed by atoms with Crippen molar-refractivity contribution >= 4 is 12.2 Å². The van der Waals surface area contributed by atoms with E-state index in [0.717, 1.165) is 0 Å². The summed E-state index contributed by atoms with van der Waals surface area (Å²) in [5.74, 6) is -0.357. The molecule has 4 nitrogen and oxygen atoms in total. The fourth-order valence-electron chi connectivity index (χ4n) is 1.69. The molecule has 0 aliphatic carbocycles. The molecule has 0 radical (unpaired) electrons. The molecular formula is C17H21FN2O2. The molecule has 0 aliphatic heterocycles. The van der Waals surface area contributed by atoms with Gasteiger partial charge < -0.3 is 10.1 Å². The van der Waals surface area contributed by atoms with Gasteiger partial charge in [-0.25, -0.2) is 9.18 Å². The van der Waals surface area contributed by atoms with Crippen LogP contribution in [0.25, 0.3) is 6.08 Å². The van der Waals surface area contributed by atoms with E-state index in [1.807, 2.05) is 6.07 Å². The number of carbonyl (C=O) groups is 1. The van der Waals surface area contributed by atoms with E-state index in [9.17, 15) is 9.18 Å². The number of hydrogen-bond acceptors (Lipinski definition) is 3. The highest BCUT2D eigenvalue weighted by Crippen LogP contribution is 2.13. The van der Waals surface area contributed by atoms with Crippen molar-refractivity contribution in [3.63, 3.8) is 0 Å². The van der Waals surface area contributed by atoms with Gasteiger partial charge in [0.2, 0.25) is 0 Å². The molecule has 0 aromatic heterocycles. The molecule has 1 aromatic rings. The molecule has 0 aliphatic rings. The highest BCUT2D eigenvalue weighted by Gasteiger charge is 2.15. The number of nitrogens with zero attached hydrogens (tertiary/aromatic N) is 1. The van der Waals surface area contributed by atoms with Gasteiger partial charge in [-0.2, -0.15) is 5.26 Å². The van der Waals surface area contributed by atoms with Crippen LogP contribution in [0.2, 0.25) is 0 Å². The summed E-state index contributed by atoms with van der Waals surface area (Å²) >= 11 is 0. The van der Waals surface area contributed by atoms with E-state index in [1.165, 1.54) is 6.07 Å². The second kappa shape index (κ2) is 8.18. The molecule has 0 fully saturated rings. The van der Waals surface area contributed by atoms with Crippen molar-refractivity contribution in [2.45, 2.75) is 39.2 Å². The first-order valence-corrected chi connectivity index (χ1v) is 7.10. The van der Waals surface area contributed by atoms with Crippen LogP contribution in [0.3, 0.4) is 0 Å². The molecule has 0 bridgehead atoms. The van der Waals surface area contributed by atoms with Gasteiger partial charge >= 0.3 is 6.09 Å². The zero-order chi connectivity index (χ0) is 16.6. The number of alkyl carbamates (subject to hydrolysis) is 1. The monoisotopic (exact) mass is 304 g/mol. The highest BCUT2D eigenvalue weighted by atomic mass is 19.1. The standard InChI is InChI=1S/C17H21FN2O2/c1-17(2,3)22-16(21)20-11-5-4-6-14-8-7-13(9-10-19)12-15(14)18/h4,6-8,12H,5,9,11H2,1-3H3,(H,20,21). The van der Waals surface area contributed by atoms with Crippen LogP contribution >= 0.6 is 0 Å². The number of carbonyl (C=O) groups excluding carboxylic acids is 1. The van der Waals surface area contributed by atoms with E-state index < -0.39 is 11.7 Å². The molecule has 118 valence electrons. The van der Waals surface area contributed by atoms with Gasteiger partial charge in [0, 0.05) is 12.1 Å². The summed E-state index contributed by atoms with van der Waals surface area (Å²) in [5.41, 5.74) is 0.594. The maximum Gasteiger partial charge on any atom is 0.407 e. The van der Waals surface area contributed by atoms with Crippen LogP contribution in [0.5, 0.6) is 0 Å². The number of halogens is 1. The topological polar surface area (TPSA) is 62.1 Å². The lowest BCUT2D eigenvalue weighted by atomic mass is 10.1. The van der Waals surface area contributed by atoms with Crippen molar-refractivity contribution in [1.82, 2.24) is 5.32 Å². The van der Waals surface area contributed by atoms with Gasteiger partial charge in [-0.1, -0.05) is 24.3 Å². The van der Waals surface area contributed by atoms with Gasteiger partial charge in [0.15, 0.2) is 0 Å². The largest absolute Gasteiger partial charge is 0.444 e. The molecular weight excluding hydrogens is 283 g/mol. The molecule has 1 rings (SSSR count).